The highest BCUT2D eigenvalue weighted by Crippen LogP contribution is 2.30. The molecule has 1 aliphatic rings. The quantitative estimate of drug-likeness (QED) is 0.586. The van der Waals surface area contributed by atoms with Crippen LogP contribution in [0.4, 0.5) is 0 Å². The van der Waals surface area contributed by atoms with E-state index in [9.17, 15) is 9.90 Å². The molecule has 0 unspecified atom stereocenters. The van der Waals surface area contributed by atoms with Gasteiger partial charge >= 0.3 is 0 Å². The van der Waals surface area contributed by atoms with E-state index in [1.54, 1.807) is 0 Å². The van der Waals surface area contributed by atoms with E-state index in [1.165, 1.54) is 0 Å². The number of nitrogens with one attached hydrogen (secondary N) is 2. The zero-order valence-corrected chi connectivity index (χ0v) is 8.97. The van der Waals surface area contributed by atoms with E-state index >= 15 is 0 Å². The third-order valence-corrected chi connectivity index (χ3v) is 2.47. The van der Waals surface area contributed by atoms with Crippen molar-refractivity contribution in [3.63, 3.8) is 0 Å². The van der Waals surface area contributed by atoms with Gasteiger partial charge in [-0.2, -0.15) is 0 Å². The van der Waals surface area contributed by atoms with Crippen molar-refractivity contribution in [1.29, 1.82) is 0 Å². The lowest BCUT2D eigenvalue weighted by Gasteiger charge is -2.36. The Bertz CT molecular complexity index is 200. The first kappa shape index (κ1) is 11.5. The summed E-state index contributed by atoms with van der Waals surface area (Å²) in [6, 6.07) is 0.177. The zero-order valence-electron chi connectivity index (χ0n) is 8.97. The molecule has 0 aromatic heterocycles. The van der Waals surface area contributed by atoms with Crippen molar-refractivity contribution in [2.75, 3.05) is 13.1 Å². The Morgan fingerprint density at radius 2 is 2.14 bits per heavy atom. The Morgan fingerprint density at radius 3 is 2.57 bits per heavy atom. The molecule has 4 heteroatoms. The van der Waals surface area contributed by atoms with Gasteiger partial charge in [0.1, 0.15) is 0 Å². The average Bonchev–Trinajstić information content (AvgIpc) is 1.99. The fourth-order valence-electron chi connectivity index (χ4n) is 1.54. The lowest BCUT2D eigenvalue weighted by atomic mass is 9.80. The van der Waals surface area contributed by atoms with Gasteiger partial charge in [-0.3, -0.25) is 4.79 Å². The van der Waals surface area contributed by atoms with Crippen LogP contribution in [0.15, 0.2) is 0 Å². The van der Waals surface area contributed by atoms with Gasteiger partial charge in [0.15, 0.2) is 0 Å². The summed E-state index contributed by atoms with van der Waals surface area (Å²) in [5.74, 6) is -0.0112. The highest BCUT2D eigenvalue weighted by molar-refractivity contribution is 5.78. The Morgan fingerprint density at radius 1 is 1.50 bits per heavy atom. The van der Waals surface area contributed by atoms with Crippen LogP contribution in [0.3, 0.4) is 0 Å². The summed E-state index contributed by atoms with van der Waals surface area (Å²) in [6.07, 6.45) is 2.80. The molecule has 0 aromatic carbocycles. The van der Waals surface area contributed by atoms with Crippen molar-refractivity contribution in [2.24, 2.45) is 0 Å². The molecule has 1 fully saturated rings. The maximum atomic E-state index is 11.2. The van der Waals surface area contributed by atoms with Gasteiger partial charge in [-0.1, -0.05) is 0 Å². The molecule has 0 atom stereocenters. The first-order valence-electron chi connectivity index (χ1n) is 5.24. The molecular formula is C10H20N2O2. The summed E-state index contributed by atoms with van der Waals surface area (Å²) in [4.78, 5) is 11.2. The minimum atomic E-state index is -0.544. The summed E-state index contributed by atoms with van der Waals surface area (Å²) in [6.45, 7) is 4.67. The summed E-state index contributed by atoms with van der Waals surface area (Å²) in [5.41, 5.74) is -0.544. The third kappa shape index (κ3) is 3.64. The van der Waals surface area contributed by atoms with Crippen molar-refractivity contribution in [3.8, 4) is 0 Å². The third-order valence-electron chi connectivity index (χ3n) is 2.47. The van der Waals surface area contributed by atoms with Crippen LogP contribution < -0.4 is 10.6 Å². The Hall–Kier alpha value is -0.610. The molecule has 3 N–H and O–H groups in total. The van der Waals surface area contributed by atoms with Gasteiger partial charge in [-0.25, -0.2) is 0 Å². The van der Waals surface area contributed by atoms with E-state index in [0.717, 1.165) is 19.3 Å². The van der Waals surface area contributed by atoms with Gasteiger partial charge in [0.25, 0.3) is 0 Å². The molecule has 0 bridgehead atoms. The average molecular weight is 200 g/mol. The van der Waals surface area contributed by atoms with Crippen molar-refractivity contribution in [2.45, 2.75) is 44.8 Å². The van der Waals surface area contributed by atoms with Crippen molar-refractivity contribution in [3.05, 3.63) is 0 Å². The smallest absolute Gasteiger partial charge is 0.234 e. The largest absolute Gasteiger partial charge is 0.389 e. The molecule has 1 aliphatic carbocycles. The summed E-state index contributed by atoms with van der Waals surface area (Å²) in [5, 5.41) is 15.5. The number of hydrogen-bond donors (Lipinski definition) is 3. The van der Waals surface area contributed by atoms with E-state index in [1.807, 2.05) is 13.8 Å². The number of carbonyl (C=O) groups is 1. The minimum Gasteiger partial charge on any atom is -0.389 e. The second-order valence-electron chi connectivity index (χ2n) is 4.40. The SMILES string of the molecule is CC(C)NC(=O)CNCC1(O)CCC1. The van der Waals surface area contributed by atoms with Crippen LogP contribution in [0.25, 0.3) is 0 Å². The van der Waals surface area contributed by atoms with Crippen LogP contribution >= 0.6 is 0 Å². The number of hydrogen-bond acceptors (Lipinski definition) is 3. The molecule has 0 saturated heterocycles. The Kier molecular flexibility index (Phi) is 3.89. The van der Waals surface area contributed by atoms with Gasteiger partial charge in [0.05, 0.1) is 12.1 Å². The van der Waals surface area contributed by atoms with E-state index in [-0.39, 0.29) is 11.9 Å². The number of amides is 1. The predicted molar refractivity (Wildman–Crippen MR) is 54.9 cm³/mol. The maximum Gasteiger partial charge on any atom is 0.234 e. The first-order valence-corrected chi connectivity index (χ1v) is 5.24. The molecular weight excluding hydrogens is 180 g/mol. The van der Waals surface area contributed by atoms with Gasteiger partial charge < -0.3 is 15.7 Å². The fraction of sp³-hybridized carbons (Fsp3) is 0.900. The molecule has 0 heterocycles. The van der Waals surface area contributed by atoms with Crippen molar-refractivity contribution in [1.82, 2.24) is 10.6 Å². The number of aliphatic hydroxyl groups is 1. The van der Waals surface area contributed by atoms with E-state index < -0.39 is 5.60 Å². The molecule has 0 aromatic rings. The van der Waals surface area contributed by atoms with Gasteiger partial charge in [0, 0.05) is 12.6 Å². The van der Waals surface area contributed by atoms with Crippen LogP contribution in [-0.2, 0) is 4.79 Å². The van der Waals surface area contributed by atoms with Crippen molar-refractivity contribution >= 4 is 5.91 Å². The van der Waals surface area contributed by atoms with E-state index in [4.69, 9.17) is 0 Å². The highest BCUT2D eigenvalue weighted by Gasteiger charge is 2.33. The standard InChI is InChI=1S/C10H20N2O2/c1-8(2)12-9(13)6-11-7-10(14)4-3-5-10/h8,11,14H,3-7H2,1-2H3,(H,12,13). The van der Waals surface area contributed by atoms with Gasteiger partial charge in [-0.15, -0.1) is 0 Å². The van der Waals surface area contributed by atoms with E-state index in [2.05, 4.69) is 10.6 Å². The second kappa shape index (κ2) is 4.75. The summed E-state index contributed by atoms with van der Waals surface area (Å²) < 4.78 is 0. The summed E-state index contributed by atoms with van der Waals surface area (Å²) in [7, 11) is 0. The lowest BCUT2D eigenvalue weighted by Crippen LogP contribution is -2.48. The van der Waals surface area contributed by atoms with E-state index in [0.29, 0.717) is 13.1 Å². The van der Waals surface area contributed by atoms with Crippen LogP contribution in [0.5, 0.6) is 0 Å². The predicted octanol–water partition coefficient (Wildman–Crippen LogP) is 0.0156. The van der Waals surface area contributed by atoms with Crippen LogP contribution in [0, 0.1) is 0 Å². The fourth-order valence-corrected chi connectivity index (χ4v) is 1.54. The van der Waals surface area contributed by atoms with Crippen LogP contribution in [-0.4, -0.2) is 35.7 Å². The topological polar surface area (TPSA) is 61.4 Å². The minimum absolute atomic E-state index is 0.0112. The molecule has 14 heavy (non-hydrogen) atoms. The number of carbonyl (C=O) groups excluding carboxylic acids is 1. The zero-order chi connectivity index (χ0) is 10.6. The lowest BCUT2D eigenvalue weighted by molar-refractivity contribution is -0.121. The number of rotatable bonds is 5. The molecule has 0 radical (unpaired) electrons. The molecule has 1 amide bonds. The molecule has 1 rings (SSSR count). The normalized spacial score (nSPS) is 19.1. The maximum absolute atomic E-state index is 11.2. The van der Waals surface area contributed by atoms with Gasteiger partial charge in [-0.05, 0) is 33.1 Å². The molecule has 82 valence electrons. The Balaban J connectivity index is 2.06. The first-order chi connectivity index (χ1) is 6.52. The molecule has 0 spiro atoms. The molecule has 1 saturated carbocycles. The monoisotopic (exact) mass is 200 g/mol. The molecule has 4 nitrogen and oxygen atoms in total. The van der Waals surface area contributed by atoms with Gasteiger partial charge in [0.2, 0.25) is 5.91 Å². The Labute approximate surface area is 85.1 Å². The second-order valence-corrected chi connectivity index (χ2v) is 4.40. The highest BCUT2D eigenvalue weighted by atomic mass is 16.3. The van der Waals surface area contributed by atoms with Crippen molar-refractivity contribution < 1.29 is 9.90 Å². The van der Waals surface area contributed by atoms with Crippen LogP contribution in [0.2, 0.25) is 0 Å². The van der Waals surface area contributed by atoms with Crippen LogP contribution in [0.1, 0.15) is 33.1 Å². The summed E-state index contributed by atoms with van der Waals surface area (Å²) >= 11 is 0. The molecule has 0 aliphatic heterocycles.